The van der Waals surface area contributed by atoms with Crippen molar-refractivity contribution in [2.75, 3.05) is 12.4 Å². The van der Waals surface area contributed by atoms with Crippen LogP contribution >= 0.6 is 11.3 Å². The maximum Gasteiger partial charge on any atom is 0.356 e. The van der Waals surface area contributed by atoms with Crippen LogP contribution in [-0.2, 0) is 16.6 Å². The fraction of sp³-hybridized carbons (Fsp3) is 0.172. The minimum atomic E-state index is -1.09. The second-order valence-electron chi connectivity index (χ2n) is 8.64. The molecule has 0 aliphatic heterocycles. The van der Waals surface area contributed by atoms with Crippen LogP contribution in [0.4, 0.5) is 5.13 Å². The van der Waals surface area contributed by atoms with Gasteiger partial charge in [0.15, 0.2) is 11.2 Å². The molecule has 0 saturated heterocycles. The molecule has 38 heavy (non-hydrogen) atoms. The summed E-state index contributed by atoms with van der Waals surface area (Å²) in [4.78, 5) is 44.3. The van der Waals surface area contributed by atoms with Gasteiger partial charge in [-0.1, -0.05) is 66.8 Å². The molecule has 1 amide bonds. The topological polar surface area (TPSA) is 99.5 Å². The normalized spacial score (nSPS) is 11.9. The molecule has 0 radical (unpaired) electrons. The highest BCUT2D eigenvalue weighted by atomic mass is 32.1. The van der Waals surface area contributed by atoms with Crippen LogP contribution in [0.15, 0.2) is 77.6 Å². The third kappa shape index (κ3) is 4.64. The van der Waals surface area contributed by atoms with E-state index in [2.05, 4.69) is 10.3 Å². The first kappa shape index (κ1) is 25.2. The Morgan fingerprint density at radius 2 is 1.74 bits per heavy atom. The third-order valence-electron chi connectivity index (χ3n) is 6.30. The average molecular weight is 528 g/mol. The number of benzene rings is 3. The first-order valence-electron chi connectivity index (χ1n) is 12.0. The van der Waals surface area contributed by atoms with Crippen molar-refractivity contribution in [1.29, 1.82) is 0 Å². The summed E-state index contributed by atoms with van der Waals surface area (Å²) in [5.41, 5.74) is 1.81. The summed E-state index contributed by atoms with van der Waals surface area (Å²) in [5.74, 6) is -0.571. The molecule has 0 saturated carbocycles. The zero-order valence-corrected chi connectivity index (χ0v) is 21.9. The monoisotopic (exact) mass is 527 g/mol. The van der Waals surface area contributed by atoms with Gasteiger partial charge in [0.05, 0.1) is 17.3 Å². The highest BCUT2D eigenvalue weighted by molar-refractivity contribution is 7.22. The Labute approximate surface area is 222 Å². The van der Waals surface area contributed by atoms with Crippen LogP contribution in [0, 0.1) is 0 Å². The Bertz CT molecular complexity index is 1730. The molecule has 1 N–H and O–H groups in total. The summed E-state index contributed by atoms with van der Waals surface area (Å²) in [6.07, 6.45) is -0.854. The molecule has 2 heterocycles. The summed E-state index contributed by atoms with van der Waals surface area (Å²) >= 11 is 1.29. The van der Waals surface area contributed by atoms with Crippen LogP contribution < -0.4 is 15.6 Å². The molecule has 0 aliphatic carbocycles. The summed E-state index contributed by atoms with van der Waals surface area (Å²) < 4.78 is 13.1. The van der Waals surface area contributed by atoms with Crippen LogP contribution in [0.5, 0.6) is 5.75 Å². The van der Waals surface area contributed by atoms with E-state index in [1.165, 1.54) is 23.0 Å². The van der Waals surface area contributed by atoms with E-state index in [-0.39, 0.29) is 17.7 Å². The van der Waals surface area contributed by atoms with Gasteiger partial charge < -0.3 is 14.0 Å². The number of carbonyl (C=O) groups excluding carboxylic acids is 2. The lowest BCUT2D eigenvalue weighted by molar-refractivity contribution is -0.124. The molecule has 2 aromatic heterocycles. The first-order chi connectivity index (χ1) is 18.4. The minimum absolute atomic E-state index is 0.0817. The van der Waals surface area contributed by atoms with Crippen molar-refractivity contribution < 1.29 is 19.1 Å². The molecule has 1 atom stereocenters. The van der Waals surface area contributed by atoms with Crippen molar-refractivity contribution >= 4 is 49.3 Å². The molecule has 0 spiro atoms. The van der Waals surface area contributed by atoms with Gasteiger partial charge in [0.2, 0.25) is 0 Å². The second-order valence-corrected chi connectivity index (χ2v) is 9.67. The molecule has 8 nitrogen and oxygen atoms in total. The molecule has 5 aromatic rings. The Balaban J connectivity index is 1.48. The van der Waals surface area contributed by atoms with Gasteiger partial charge in [-0.2, -0.15) is 0 Å². The number of aromatic nitrogens is 2. The van der Waals surface area contributed by atoms with E-state index in [9.17, 15) is 14.4 Å². The number of pyridine rings is 1. The van der Waals surface area contributed by atoms with Crippen LogP contribution in [0.2, 0.25) is 0 Å². The van der Waals surface area contributed by atoms with Crippen LogP contribution in [0.25, 0.3) is 32.1 Å². The van der Waals surface area contributed by atoms with Gasteiger partial charge >= 0.3 is 5.97 Å². The second kappa shape index (κ2) is 10.5. The number of ether oxygens (including phenoxy) is 2. The third-order valence-corrected chi connectivity index (χ3v) is 7.23. The molecular weight excluding hydrogens is 502 g/mol. The number of nitrogens with one attached hydrogen (secondary N) is 1. The fourth-order valence-corrected chi connectivity index (χ4v) is 5.28. The summed E-state index contributed by atoms with van der Waals surface area (Å²) in [7, 11) is 3.12. The van der Waals surface area contributed by atoms with Gasteiger partial charge in [-0.25, -0.2) is 9.78 Å². The lowest BCUT2D eigenvalue weighted by atomic mass is 9.97. The standard InChI is InChI=1S/C29H25N3O5S/c1-4-22(26(33)31-29-30-21-15-14-18(36-3)16-23(21)38-29)37-28(35)25-24(17-10-6-5-7-11-17)19-12-8-9-13-20(19)27(34)32(25)2/h5-16,22H,4H2,1-3H3,(H,30,31,33). The maximum absolute atomic E-state index is 13.6. The Morgan fingerprint density at radius 1 is 1.03 bits per heavy atom. The van der Waals surface area contributed by atoms with Gasteiger partial charge in [0, 0.05) is 18.0 Å². The molecule has 9 heteroatoms. The maximum atomic E-state index is 13.6. The number of rotatable bonds is 7. The molecule has 0 fully saturated rings. The number of fused-ring (bicyclic) bond motifs is 2. The first-order valence-corrected chi connectivity index (χ1v) is 12.9. The number of esters is 1. The zero-order valence-electron chi connectivity index (χ0n) is 21.1. The molecule has 1 unspecified atom stereocenters. The Kier molecular flexibility index (Phi) is 6.93. The van der Waals surface area contributed by atoms with E-state index in [0.717, 1.165) is 15.8 Å². The van der Waals surface area contributed by atoms with Crippen molar-refractivity contribution in [3.05, 3.63) is 88.8 Å². The number of methoxy groups -OCH3 is 1. The van der Waals surface area contributed by atoms with Crippen molar-refractivity contribution in [2.45, 2.75) is 19.4 Å². The van der Waals surface area contributed by atoms with Gasteiger partial charge in [0.25, 0.3) is 11.5 Å². The lowest BCUT2D eigenvalue weighted by Gasteiger charge is -2.20. The quantitative estimate of drug-likeness (QED) is 0.285. The van der Waals surface area contributed by atoms with Gasteiger partial charge in [-0.15, -0.1) is 0 Å². The predicted molar refractivity (Wildman–Crippen MR) is 149 cm³/mol. The summed E-state index contributed by atoms with van der Waals surface area (Å²) in [6, 6.07) is 21.9. The molecule has 3 aromatic carbocycles. The number of carbonyl (C=O) groups is 2. The smallest absolute Gasteiger partial charge is 0.356 e. The van der Waals surface area contributed by atoms with Crippen LogP contribution in [-0.4, -0.2) is 34.6 Å². The number of thiazole rings is 1. The van der Waals surface area contributed by atoms with Gasteiger partial charge in [0.1, 0.15) is 11.4 Å². The molecular formula is C29H25N3O5S. The lowest BCUT2D eigenvalue weighted by Crippen LogP contribution is -2.34. The van der Waals surface area contributed by atoms with Crippen molar-refractivity contribution in [2.24, 2.45) is 7.05 Å². The largest absolute Gasteiger partial charge is 0.497 e. The minimum Gasteiger partial charge on any atom is -0.497 e. The van der Waals surface area contributed by atoms with E-state index < -0.39 is 18.0 Å². The van der Waals surface area contributed by atoms with E-state index in [4.69, 9.17) is 9.47 Å². The van der Waals surface area contributed by atoms with E-state index in [0.29, 0.717) is 27.2 Å². The SMILES string of the molecule is CCC(OC(=O)c1c(-c2ccccc2)c2ccccc2c(=O)n1C)C(=O)Nc1nc2ccc(OC)cc2s1. The number of hydrogen-bond donors (Lipinski definition) is 1. The highest BCUT2D eigenvalue weighted by Gasteiger charge is 2.28. The summed E-state index contributed by atoms with van der Waals surface area (Å²) in [6.45, 7) is 1.75. The number of hydrogen-bond acceptors (Lipinski definition) is 7. The molecule has 0 aliphatic rings. The van der Waals surface area contributed by atoms with Crippen molar-refractivity contribution in [1.82, 2.24) is 9.55 Å². The van der Waals surface area contributed by atoms with E-state index >= 15 is 0 Å². The molecule has 192 valence electrons. The van der Waals surface area contributed by atoms with Crippen molar-refractivity contribution in [3.63, 3.8) is 0 Å². The van der Waals surface area contributed by atoms with Gasteiger partial charge in [-0.3, -0.25) is 14.9 Å². The number of amides is 1. The average Bonchev–Trinajstić information content (AvgIpc) is 3.35. The highest BCUT2D eigenvalue weighted by Crippen LogP contribution is 2.32. The Hall–Kier alpha value is -4.50. The van der Waals surface area contributed by atoms with Crippen LogP contribution in [0.1, 0.15) is 23.8 Å². The van der Waals surface area contributed by atoms with E-state index in [1.807, 2.05) is 54.6 Å². The van der Waals surface area contributed by atoms with E-state index in [1.54, 1.807) is 32.2 Å². The summed E-state index contributed by atoms with van der Waals surface area (Å²) in [5, 5.41) is 4.27. The number of anilines is 1. The fourth-order valence-electron chi connectivity index (χ4n) is 4.38. The van der Waals surface area contributed by atoms with Gasteiger partial charge in [-0.05, 0) is 41.6 Å². The van der Waals surface area contributed by atoms with Crippen molar-refractivity contribution in [3.8, 4) is 16.9 Å². The molecule has 5 rings (SSSR count). The predicted octanol–water partition coefficient (Wildman–Crippen LogP) is 5.40. The Morgan fingerprint density at radius 3 is 2.45 bits per heavy atom. The van der Waals surface area contributed by atoms with Crippen LogP contribution in [0.3, 0.4) is 0 Å². The molecule has 0 bridgehead atoms. The number of nitrogens with zero attached hydrogens (tertiary/aromatic N) is 2. The zero-order chi connectivity index (χ0) is 26.8.